The highest BCUT2D eigenvalue weighted by Gasteiger charge is 2.79. The fraction of sp³-hybridized carbons (Fsp3) is 0.400. The van der Waals surface area contributed by atoms with Crippen LogP contribution >= 0.6 is 0 Å². The number of nitro benzene ring substituents is 1. The molecule has 4 aliphatic rings. The number of hydrogen-bond donors (Lipinski definition) is 1. The number of nitro groups is 1. The Morgan fingerprint density at radius 2 is 1.82 bits per heavy atom. The van der Waals surface area contributed by atoms with Gasteiger partial charge < -0.3 is 9.80 Å². The molecule has 4 aliphatic heterocycles. The number of fused-ring (bicyclic) bond motifs is 7. The maximum absolute atomic E-state index is 14.1. The van der Waals surface area contributed by atoms with Crippen LogP contribution in [0.4, 0.5) is 17.1 Å². The molecule has 6 rings (SSSR count). The largest absolute Gasteiger partial charge is 0.315 e. The third kappa shape index (κ3) is 2.25. The molecule has 3 fully saturated rings. The number of quaternary nitrogens is 1. The van der Waals surface area contributed by atoms with Crippen LogP contribution in [0.5, 0.6) is 0 Å². The molecule has 174 valence electrons. The van der Waals surface area contributed by atoms with Crippen molar-refractivity contribution < 1.29 is 24.2 Å². The summed E-state index contributed by atoms with van der Waals surface area (Å²) in [6.45, 7) is 4.67. The molecule has 2 aromatic carbocycles. The van der Waals surface area contributed by atoms with Gasteiger partial charge in [-0.2, -0.15) is 0 Å². The van der Waals surface area contributed by atoms with Gasteiger partial charge in [-0.3, -0.25) is 24.5 Å². The fourth-order valence-electron chi connectivity index (χ4n) is 7.20. The summed E-state index contributed by atoms with van der Waals surface area (Å²) in [7, 11) is 0. The number of para-hydroxylation sites is 1. The summed E-state index contributed by atoms with van der Waals surface area (Å²) >= 11 is 0. The average molecular weight is 461 g/mol. The normalized spacial score (nSPS) is 31.4. The van der Waals surface area contributed by atoms with Crippen LogP contribution < -0.4 is 14.7 Å². The van der Waals surface area contributed by atoms with Gasteiger partial charge in [0.25, 0.3) is 11.6 Å². The van der Waals surface area contributed by atoms with E-state index in [0.29, 0.717) is 6.54 Å². The molecular formula is C25H25N4O5+. The van der Waals surface area contributed by atoms with Gasteiger partial charge in [-0.05, 0) is 26.0 Å². The molecule has 0 bridgehead atoms. The third-order valence-corrected chi connectivity index (χ3v) is 8.40. The standard InChI is InChI=1S/C25H24N4O5/c1-3-26-18-9-5-4-8-15(18)25(24(26)32)21-20(19-12-7-13-27(19)25)22(30)28(23(21)31)16-10-6-11-17(14(16)2)29(33)34/h4-6,8-11,19-21H,3,7,12-13H2,1-2H3/p+1/t19-,20+,21-,25+/m0/s1. The maximum Gasteiger partial charge on any atom is 0.294 e. The minimum Gasteiger partial charge on any atom is -0.315 e. The molecule has 0 radical (unpaired) electrons. The highest BCUT2D eigenvalue weighted by Crippen LogP contribution is 2.54. The first-order chi connectivity index (χ1) is 16.4. The van der Waals surface area contributed by atoms with Crippen molar-refractivity contribution in [1.29, 1.82) is 0 Å². The Labute approximate surface area is 196 Å². The second kappa shape index (κ2) is 6.96. The number of imide groups is 1. The van der Waals surface area contributed by atoms with Gasteiger partial charge in [0.15, 0.2) is 0 Å². The van der Waals surface area contributed by atoms with E-state index in [9.17, 15) is 24.5 Å². The van der Waals surface area contributed by atoms with Gasteiger partial charge in [0.05, 0.1) is 28.4 Å². The number of nitrogens with zero attached hydrogens (tertiary/aromatic N) is 3. The van der Waals surface area contributed by atoms with Gasteiger partial charge in [0.2, 0.25) is 17.4 Å². The van der Waals surface area contributed by atoms with Crippen LogP contribution in [0.2, 0.25) is 0 Å². The first-order valence-electron chi connectivity index (χ1n) is 11.7. The number of anilines is 2. The quantitative estimate of drug-likeness (QED) is 0.422. The molecule has 9 heteroatoms. The van der Waals surface area contributed by atoms with Crippen molar-refractivity contribution in [3.8, 4) is 0 Å². The molecule has 0 saturated carbocycles. The van der Waals surface area contributed by atoms with Gasteiger partial charge in [-0.15, -0.1) is 0 Å². The lowest BCUT2D eigenvalue weighted by atomic mass is 9.75. The molecule has 0 aliphatic carbocycles. The summed E-state index contributed by atoms with van der Waals surface area (Å²) in [4.78, 5) is 57.0. The smallest absolute Gasteiger partial charge is 0.294 e. The molecule has 4 heterocycles. The molecule has 1 spiro atoms. The Morgan fingerprint density at radius 3 is 2.56 bits per heavy atom. The summed E-state index contributed by atoms with van der Waals surface area (Å²) in [5, 5.41) is 11.5. The molecule has 3 amide bonds. The zero-order chi connectivity index (χ0) is 23.9. The van der Waals surface area contributed by atoms with Crippen molar-refractivity contribution in [2.45, 2.75) is 38.3 Å². The molecule has 1 unspecified atom stereocenters. The zero-order valence-electron chi connectivity index (χ0n) is 19.0. The van der Waals surface area contributed by atoms with Crippen LogP contribution in [0.1, 0.15) is 30.9 Å². The van der Waals surface area contributed by atoms with Crippen molar-refractivity contribution >= 4 is 34.8 Å². The van der Waals surface area contributed by atoms with Crippen LogP contribution in [-0.4, -0.2) is 41.8 Å². The van der Waals surface area contributed by atoms with E-state index < -0.39 is 28.2 Å². The minimum atomic E-state index is -1.14. The fourth-order valence-corrected chi connectivity index (χ4v) is 7.20. The maximum atomic E-state index is 14.1. The van der Waals surface area contributed by atoms with Crippen molar-refractivity contribution in [1.82, 2.24) is 0 Å². The van der Waals surface area contributed by atoms with Crippen molar-refractivity contribution in [2.24, 2.45) is 11.8 Å². The number of carbonyl (C=O) groups excluding carboxylic acids is 3. The number of hydrogen-bond acceptors (Lipinski definition) is 5. The molecule has 9 nitrogen and oxygen atoms in total. The molecule has 34 heavy (non-hydrogen) atoms. The van der Waals surface area contributed by atoms with Crippen molar-refractivity contribution in [2.75, 3.05) is 22.9 Å². The Morgan fingerprint density at radius 1 is 1.09 bits per heavy atom. The minimum absolute atomic E-state index is 0.121. The number of carbonyl (C=O) groups is 3. The van der Waals surface area contributed by atoms with Crippen molar-refractivity contribution in [3.63, 3.8) is 0 Å². The van der Waals surface area contributed by atoms with E-state index in [1.54, 1.807) is 17.9 Å². The van der Waals surface area contributed by atoms with E-state index in [2.05, 4.69) is 0 Å². The van der Waals surface area contributed by atoms with Gasteiger partial charge >= 0.3 is 0 Å². The van der Waals surface area contributed by atoms with Gasteiger partial charge in [-0.1, -0.05) is 24.3 Å². The lowest BCUT2D eigenvalue weighted by Gasteiger charge is -2.34. The first kappa shape index (κ1) is 21.0. The van der Waals surface area contributed by atoms with Crippen molar-refractivity contribution in [3.05, 3.63) is 63.7 Å². The lowest BCUT2D eigenvalue weighted by Crippen LogP contribution is -3.20. The summed E-state index contributed by atoms with van der Waals surface area (Å²) < 4.78 is 0. The second-order valence-corrected chi connectivity index (χ2v) is 9.59. The van der Waals surface area contributed by atoms with Crippen LogP contribution in [0.3, 0.4) is 0 Å². The first-order valence-corrected chi connectivity index (χ1v) is 11.7. The van der Waals surface area contributed by atoms with Gasteiger partial charge in [0, 0.05) is 31.0 Å². The molecule has 0 aromatic heterocycles. The number of amides is 3. The molecular weight excluding hydrogens is 436 g/mol. The van der Waals surface area contributed by atoms with Crippen LogP contribution in [0, 0.1) is 28.9 Å². The number of benzene rings is 2. The number of likely N-dealkylation sites (N-methyl/N-ethyl adjacent to an activating group) is 1. The monoisotopic (exact) mass is 461 g/mol. The topological polar surface area (TPSA) is 105 Å². The summed E-state index contributed by atoms with van der Waals surface area (Å²) in [5.74, 6) is -2.35. The molecule has 1 N–H and O–H groups in total. The SMILES string of the molecule is CCN1C(=O)[C@@]2(c3ccccc31)[C@@H]1C(=O)N(c3cccc([N+](=O)[O-])c3C)C(=O)[C@@H]1[C@@H]1CCC[NH+]12. The number of rotatable bonds is 3. The Balaban J connectivity index is 1.56. The Bertz CT molecular complexity index is 1290. The molecule has 3 saturated heterocycles. The lowest BCUT2D eigenvalue weighted by molar-refractivity contribution is -0.948. The summed E-state index contributed by atoms with van der Waals surface area (Å²) in [6.07, 6.45) is 1.64. The third-order valence-electron chi connectivity index (χ3n) is 8.40. The summed E-state index contributed by atoms with van der Waals surface area (Å²) in [5.41, 5.74) is 0.840. The van der Waals surface area contributed by atoms with Crippen LogP contribution in [0.25, 0.3) is 0 Å². The number of nitrogens with one attached hydrogen (secondary N) is 1. The second-order valence-electron chi connectivity index (χ2n) is 9.59. The molecule has 2 aromatic rings. The Kier molecular flexibility index (Phi) is 4.29. The van der Waals surface area contributed by atoms with E-state index in [1.165, 1.54) is 12.1 Å². The van der Waals surface area contributed by atoms with E-state index in [0.717, 1.165) is 40.4 Å². The predicted octanol–water partition coefficient (Wildman–Crippen LogP) is 1.33. The molecule has 5 atom stereocenters. The highest BCUT2D eigenvalue weighted by molar-refractivity contribution is 6.25. The van der Waals surface area contributed by atoms with E-state index in [4.69, 9.17) is 0 Å². The zero-order valence-corrected chi connectivity index (χ0v) is 19.0. The van der Waals surface area contributed by atoms with E-state index >= 15 is 0 Å². The van der Waals surface area contributed by atoms with Crippen LogP contribution in [0.15, 0.2) is 42.5 Å². The summed E-state index contributed by atoms with van der Waals surface area (Å²) in [6, 6.07) is 11.9. The van der Waals surface area contributed by atoms with Crippen LogP contribution in [-0.2, 0) is 19.9 Å². The van der Waals surface area contributed by atoms with E-state index in [1.807, 2.05) is 31.2 Å². The predicted molar refractivity (Wildman–Crippen MR) is 122 cm³/mol. The van der Waals surface area contributed by atoms with Gasteiger partial charge in [-0.25, -0.2) is 4.90 Å². The Hall–Kier alpha value is -3.59. The van der Waals surface area contributed by atoms with E-state index in [-0.39, 0.29) is 34.8 Å². The average Bonchev–Trinajstić information content (AvgIpc) is 3.52. The highest BCUT2D eigenvalue weighted by atomic mass is 16.6. The van der Waals surface area contributed by atoms with Gasteiger partial charge in [0.1, 0.15) is 17.9 Å².